The van der Waals surface area contributed by atoms with Gasteiger partial charge in [-0.3, -0.25) is 4.79 Å². The molecule has 1 amide bonds. The summed E-state index contributed by atoms with van der Waals surface area (Å²) in [7, 11) is 0. The van der Waals surface area contributed by atoms with E-state index in [0.717, 1.165) is 26.1 Å². The Labute approximate surface area is 124 Å². The van der Waals surface area contributed by atoms with Crippen molar-refractivity contribution in [1.29, 1.82) is 5.26 Å². The monoisotopic (exact) mass is 289 g/mol. The third kappa shape index (κ3) is 4.87. The van der Waals surface area contributed by atoms with E-state index >= 15 is 0 Å². The normalized spacial score (nSPS) is 15.6. The minimum atomic E-state index is 0.0199. The number of nitrogens with one attached hydrogen (secondary N) is 1. The highest BCUT2D eigenvalue weighted by atomic mass is 32.2. The first kappa shape index (κ1) is 14.9. The van der Waals surface area contributed by atoms with Crippen molar-refractivity contribution in [3.63, 3.8) is 0 Å². The minimum absolute atomic E-state index is 0.0199. The van der Waals surface area contributed by atoms with Crippen LogP contribution >= 0.6 is 11.8 Å². The van der Waals surface area contributed by atoms with E-state index in [0.29, 0.717) is 17.7 Å². The molecule has 2 rings (SSSR count). The molecule has 0 unspecified atom stereocenters. The van der Waals surface area contributed by atoms with Crippen molar-refractivity contribution in [3.05, 3.63) is 29.8 Å². The fourth-order valence-electron chi connectivity index (χ4n) is 2.18. The molecule has 1 heterocycles. The number of carbonyl (C=O) groups excluding carboxylic acids is 1. The van der Waals surface area contributed by atoms with Crippen LogP contribution in [0.5, 0.6) is 0 Å². The Kier molecular flexibility index (Phi) is 5.90. The summed E-state index contributed by atoms with van der Waals surface area (Å²) in [5.41, 5.74) is 1.26. The SMILES string of the molecule is N#Cc1cccc(NC(=O)CCCN2CCSCC2)c1. The Balaban J connectivity index is 1.70. The summed E-state index contributed by atoms with van der Waals surface area (Å²) in [6, 6.07) is 9.07. The predicted molar refractivity (Wildman–Crippen MR) is 82.8 cm³/mol. The molecular formula is C15H19N3OS. The molecule has 0 spiro atoms. The maximum atomic E-state index is 11.8. The quantitative estimate of drug-likeness (QED) is 0.904. The van der Waals surface area contributed by atoms with Crippen molar-refractivity contribution in [3.8, 4) is 6.07 Å². The lowest BCUT2D eigenvalue weighted by molar-refractivity contribution is -0.116. The van der Waals surface area contributed by atoms with Gasteiger partial charge in [-0.2, -0.15) is 17.0 Å². The molecule has 0 saturated carbocycles. The molecule has 0 aliphatic carbocycles. The number of carbonyl (C=O) groups is 1. The number of benzene rings is 1. The van der Waals surface area contributed by atoms with E-state index in [1.54, 1.807) is 24.3 Å². The maximum absolute atomic E-state index is 11.8. The lowest BCUT2D eigenvalue weighted by Crippen LogP contribution is -2.33. The molecule has 4 nitrogen and oxygen atoms in total. The third-order valence-electron chi connectivity index (χ3n) is 3.26. The van der Waals surface area contributed by atoms with E-state index in [9.17, 15) is 4.79 Å². The van der Waals surface area contributed by atoms with Gasteiger partial charge in [0.2, 0.25) is 5.91 Å². The van der Waals surface area contributed by atoms with E-state index in [1.807, 2.05) is 11.8 Å². The highest BCUT2D eigenvalue weighted by Crippen LogP contribution is 2.12. The Morgan fingerprint density at radius 3 is 2.95 bits per heavy atom. The summed E-state index contributed by atoms with van der Waals surface area (Å²) in [5.74, 6) is 2.42. The molecule has 0 aromatic heterocycles. The smallest absolute Gasteiger partial charge is 0.224 e. The molecule has 1 aliphatic heterocycles. The molecule has 1 saturated heterocycles. The lowest BCUT2D eigenvalue weighted by atomic mass is 10.2. The average molecular weight is 289 g/mol. The first-order valence-electron chi connectivity index (χ1n) is 6.88. The second kappa shape index (κ2) is 7.93. The number of hydrogen-bond acceptors (Lipinski definition) is 4. The van der Waals surface area contributed by atoms with Gasteiger partial charge in [-0.15, -0.1) is 0 Å². The van der Waals surface area contributed by atoms with Crippen molar-refractivity contribution in [2.45, 2.75) is 12.8 Å². The summed E-state index contributed by atoms with van der Waals surface area (Å²) in [6.45, 7) is 3.26. The minimum Gasteiger partial charge on any atom is -0.326 e. The Bertz CT molecular complexity index is 492. The molecule has 1 fully saturated rings. The number of thioether (sulfide) groups is 1. The van der Waals surface area contributed by atoms with E-state index in [1.165, 1.54) is 11.5 Å². The number of nitrogens with zero attached hydrogens (tertiary/aromatic N) is 2. The van der Waals surface area contributed by atoms with Crippen LogP contribution in [0.25, 0.3) is 0 Å². The molecule has 20 heavy (non-hydrogen) atoms. The van der Waals surface area contributed by atoms with E-state index in [4.69, 9.17) is 5.26 Å². The van der Waals surface area contributed by atoms with E-state index in [-0.39, 0.29) is 5.91 Å². The Morgan fingerprint density at radius 2 is 2.20 bits per heavy atom. The Morgan fingerprint density at radius 1 is 1.40 bits per heavy atom. The van der Waals surface area contributed by atoms with Gasteiger partial charge < -0.3 is 10.2 Å². The van der Waals surface area contributed by atoms with Gasteiger partial charge in [0.05, 0.1) is 11.6 Å². The molecular weight excluding hydrogens is 270 g/mol. The van der Waals surface area contributed by atoms with Gasteiger partial charge in [0.1, 0.15) is 0 Å². The molecule has 1 aromatic rings. The molecule has 0 atom stereocenters. The van der Waals surface area contributed by atoms with Gasteiger partial charge in [-0.1, -0.05) is 6.07 Å². The average Bonchev–Trinajstić information content (AvgIpc) is 2.48. The lowest BCUT2D eigenvalue weighted by Gasteiger charge is -2.25. The highest BCUT2D eigenvalue weighted by Gasteiger charge is 2.10. The van der Waals surface area contributed by atoms with Gasteiger partial charge in [0.15, 0.2) is 0 Å². The third-order valence-corrected chi connectivity index (χ3v) is 4.20. The van der Waals surface area contributed by atoms with Gasteiger partial charge in [-0.25, -0.2) is 0 Å². The summed E-state index contributed by atoms with van der Waals surface area (Å²) in [4.78, 5) is 14.3. The van der Waals surface area contributed by atoms with Crippen LogP contribution in [0.3, 0.4) is 0 Å². The van der Waals surface area contributed by atoms with Gasteiger partial charge in [-0.05, 0) is 31.2 Å². The molecule has 0 bridgehead atoms. The van der Waals surface area contributed by atoms with Crippen molar-refractivity contribution < 1.29 is 4.79 Å². The van der Waals surface area contributed by atoms with Gasteiger partial charge in [0, 0.05) is 36.7 Å². The maximum Gasteiger partial charge on any atom is 0.224 e. The number of anilines is 1. The summed E-state index contributed by atoms with van der Waals surface area (Å²) < 4.78 is 0. The molecule has 106 valence electrons. The number of amides is 1. The van der Waals surface area contributed by atoms with Crippen molar-refractivity contribution in [2.24, 2.45) is 0 Å². The second-order valence-corrected chi connectivity index (χ2v) is 6.02. The molecule has 0 radical (unpaired) electrons. The fraction of sp³-hybridized carbons (Fsp3) is 0.467. The van der Waals surface area contributed by atoms with Crippen molar-refractivity contribution in [2.75, 3.05) is 36.5 Å². The summed E-state index contributed by atoms with van der Waals surface area (Å²) in [6.07, 6.45) is 1.41. The van der Waals surface area contributed by atoms with Crippen LogP contribution in [-0.2, 0) is 4.79 Å². The Hall–Kier alpha value is -1.51. The summed E-state index contributed by atoms with van der Waals surface area (Å²) >= 11 is 2.00. The summed E-state index contributed by atoms with van der Waals surface area (Å²) in [5, 5.41) is 11.7. The topological polar surface area (TPSA) is 56.1 Å². The standard InChI is InChI=1S/C15H19N3OS/c16-12-13-3-1-4-14(11-13)17-15(19)5-2-6-18-7-9-20-10-8-18/h1,3-4,11H,2,5-10H2,(H,17,19). The van der Waals surface area contributed by atoms with Crippen LogP contribution in [0.1, 0.15) is 18.4 Å². The van der Waals surface area contributed by atoms with Crippen LogP contribution in [0.2, 0.25) is 0 Å². The van der Waals surface area contributed by atoms with Crippen molar-refractivity contribution in [1.82, 2.24) is 4.90 Å². The first-order chi connectivity index (χ1) is 9.78. The van der Waals surface area contributed by atoms with Gasteiger partial charge in [0.25, 0.3) is 0 Å². The molecule has 1 aliphatic rings. The van der Waals surface area contributed by atoms with Crippen LogP contribution in [0.15, 0.2) is 24.3 Å². The van der Waals surface area contributed by atoms with Crippen molar-refractivity contribution >= 4 is 23.4 Å². The number of nitriles is 1. The molecule has 1 N–H and O–H groups in total. The second-order valence-electron chi connectivity index (χ2n) is 4.80. The largest absolute Gasteiger partial charge is 0.326 e. The zero-order valence-corrected chi connectivity index (χ0v) is 12.3. The molecule has 1 aromatic carbocycles. The van der Waals surface area contributed by atoms with Crippen LogP contribution in [0, 0.1) is 11.3 Å². The highest BCUT2D eigenvalue weighted by molar-refractivity contribution is 7.99. The number of hydrogen-bond donors (Lipinski definition) is 1. The zero-order chi connectivity index (χ0) is 14.2. The zero-order valence-electron chi connectivity index (χ0n) is 11.5. The van der Waals surface area contributed by atoms with Crippen LogP contribution < -0.4 is 5.32 Å². The van der Waals surface area contributed by atoms with E-state index in [2.05, 4.69) is 16.3 Å². The first-order valence-corrected chi connectivity index (χ1v) is 8.03. The number of rotatable bonds is 5. The fourth-order valence-corrected chi connectivity index (χ4v) is 3.16. The van der Waals surface area contributed by atoms with Crippen LogP contribution in [0.4, 0.5) is 5.69 Å². The molecule has 5 heteroatoms. The predicted octanol–water partition coefficient (Wildman–Crippen LogP) is 2.33. The van der Waals surface area contributed by atoms with Crippen LogP contribution in [-0.4, -0.2) is 41.9 Å². The van der Waals surface area contributed by atoms with E-state index < -0.39 is 0 Å². The van der Waals surface area contributed by atoms with Gasteiger partial charge >= 0.3 is 0 Å².